The predicted molar refractivity (Wildman–Crippen MR) is 138 cm³/mol. The van der Waals surface area contributed by atoms with Gasteiger partial charge in [0, 0.05) is 48.4 Å². The molecule has 0 bridgehead atoms. The maximum absolute atomic E-state index is 13.8. The molecule has 7 nitrogen and oxygen atoms in total. The van der Waals surface area contributed by atoms with Crippen molar-refractivity contribution in [2.45, 2.75) is 44.4 Å². The lowest BCUT2D eigenvalue weighted by Crippen LogP contribution is -2.36. The molecule has 2 aliphatic heterocycles. The molecule has 2 atom stereocenters. The Morgan fingerprint density at radius 1 is 1.11 bits per heavy atom. The Balaban J connectivity index is 1.49. The molecule has 1 fully saturated rings. The minimum atomic E-state index is -0.614. The van der Waals surface area contributed by atoms with Gasteiger partial charge in [-0.25, -0.2) is 4.79 Å². The van der Waals surface area contributed by atoms with Gasteiger partial charge in [-0.1, -0.05) is 30.3 Å². The molecule has 7 heteroatoms. The van der Waals surface area contributed by atoms with E-state index in [1.54, 1.807) is 25.3 Å². The molecule has 0 spiro atoms. The zero-order valence-corrected chi connectivity index (χ0v) is 21.3. The van der Waals surface area contributed by atoms with Crippen LogP contribution < -0.4 is 10.1 Å². The topological polar surface area (TPSA) is 94.1 Å². The van der Waals surface area contributed by atoms with E-state index in [0.29, 0.717) is 55.1 Å². The molecule has 1 aliphatic carbocycles. The van der Waals surface area contributed by atoms with E-state index in [-0.39, 0.29) is 23.4 Å². The van der Waals surface area contributed by atoms with Crippen LogP contribution in [-0.2, 0) is 19.1 Å². The molecule has 2 aromatic carbocycles. The fourth-order valence-electron chi connectivity index (χ4n) is 5.76. The van der Waals surface area contributed by atoms with Gasteiger partial charge in [0.2, 0.25) is 0 Å². The van der Waals surface area contributed by atoms with Crippen LogP contribution in [0.1, 0.15) is 55.6 Å². The number of Topliss-reactive ketones (excluding diaryl/α,β-unsaturated/α-hetero) is 1. The summed E-state index contributed by atoms with van der Waals surface area (Å²) >= 11 is 0. The SMILES string of the molecule is COc1ccccc1[C@H]1CC(=O)C2=C(C1)NC(C)=C(C(=O)OCC1CCOCC1)[C@H]2c1cccc(O)c1. The van der Waals surface area contributed by atoms with E-state index in [2.05, 4.69) is 5.32 Å². The van der Waals surface area contributed by atoms with Crippen molar-refractivity contribution in [3.8, 4) is 11.5 Å². The molecule has 2 N–H and O–H groups in total. The van der Waals surface area contributed by atoms with Gasteiger partial charge in [-0.15, -0.1) is 0 Å². The van der Waals surface area contributed by atoms with Crippen LogP contribution in [0.4, 0.5) is 0 Å². The summed E-state index contributed by atoms with van der Waals surface area (Å²) in [5.74, 6) is -0.0141. The van der Waals surface area contributed by atoms with Gasteiger partial charge in [0.1, 0.15) is 11.5 Å². The number of dihydropyridines is 1. The van der Waals surface area contributed by atoms with E-state index < -0.39 is 11.9 Å². The Hall–Kier alpha value is -3.58. The number of methoxy groups -OCH3 is 1. The summed E-state index contributed by atoms with van der Waals surface area (Å²) in [6, 6.07) is 14.6. The minimum absolute atomic E-state index is 0.0276. The van der Waals surface area contributed by atoms with Gasteiger partial charge in [0.25, 0.3) is 0 Å². The summed E-state index contributed by atoms with van der Waals surface area (Å²) in [5.41, 5.74) is 4.14. The lowest BCUT2D eigenvalue weighted by Gasteiger charge is -2.37. The van der Waals surface area contributed by atoms with E-state index in [9.17, 15) is 14.7 Å². The monoisotopic (exact) mass is 503 g/mol. The van der Waals surface area contributed by atoms with E-state index in [4.69, 9.17) is 14.2 Å². The van der Waals surface area contributed by atoms with Crippen LogP contribution in [0.3, 0.4) is 0 Å². The number of hydrogen-bond donors (Lipinski definition) is 2. The van der Waals surface area contributed by atoms with Gasteiger partial charge >= 0.3 is 5.97 Å². The quantitative estimate of drug-likeness (QED) is 0.551. The van der Waals surface area contributed by atoms with Crippen molar-refractivity contribution < 1.29 is 28.9 Å². The first-order chi connectivity index (χ1) is 18.0. The van der Waals surface area contributed by atoms with Crippen LogP contribution in [-0.4, -0.2) is 43.8 Å². The molecule has 1 saturated heterocycles. The third kappa shape index (κ3) is 5.14. The van der Waals surface area contributed by atoms with Gasteiger partial charge < -0.3 is 24.6 Å². The smallest absolute Gasteiger partial charge is 0.336 e. The number of nitrogens with one attached hydrogen (secondary N) is 1. The first-order valence-electron chi connectivity index (χ1n) is 12.9. The molecular formula is C30H33NO6. The number of para-hydroxylation sites is 1. The summed E-state index contributed by atoms with van der Waals surface area (Å²) in [5, 5.41) is 13.6. The van der Waals surface area contributed by atoms with Crippen molar-refractivity contribution in [2.24, 2.45) is 5.92 Å². The van der Waals surface area contributed by atoms with Crippen molar-refractivity contribution in [1.82, 2.24) is 5.32 Å². The number of phenolic OH excluding ortho intramolecular Hbond substituents is 1. The second-order valence-electron chi connectivity index (χ2n) is 10.0. The zero-order chi connectivity index (χ0) is 25.9. The highest BCUT2D eigenvalue weighted by Gasteiger charge is 2.42. The molecule has 0 unspecified atom stereocenters. The van der Waals surface area contributed by atoms with Gasteiger partial charge in [0.15, 0.2) is 5.78 Å². The third-order valence-electron chi connectivity index (χ3n) is 7.62. The average Bonchev–Trinajstić information content (AvgIpc) is 2.91. The lowest BCUT2D eigenvalue weighted by molar-refractivity contribution is -0.141. The number of esters is 1. The summed E-state index contributed by atoms with van der Waals surface area (Å²) in [7, 11) is 1.63. The molecule has 3 aliphatic rings. The van der Waals surface area contributed by atoms with Gasteiger partial charge in [-0.05, 0) is 61.4 Å². The van der Waals surface area contributed by atoms with Crippen LogP contribution >= 0.6 is 0 Å². The summed E-state index contributed by atoms with van der Waals surface area (Å²) in [6.45, 7) is 3.52. The Morgan fingerprint density at radius 3 is 2.65 bits per heavy atom. The van der Waals surface area contributed by atoms with Crippen molar-refractivity contribution >= 4 is 11.8 Å². The number of ketones is 1. The van der Waals surface area contributed by atoms with Crippen LogP contribution in [0.5, 0.6) is 11.5 Å². The zero-order valence-electron chi connectivity index (χ0n) is 21.3. The highest BCUT2D eigenvalue weighted by molar-refractivity contribution is 6.04. The van der Waals surface area contributed by atoms with Gasteiger partial charge in [0.05, 0.1) is 19.3 Å². The minimum Gasteiger partial charge on any atom is -0.508 e. The maximum atomic E-state index is 13.8. The lowest BCUT2D eigenvalue weighted by atomic mass is 9.71. The molecule has 2 heterocycles. The molecule has 0 amide bonds. The Labute approximate surface area is 217 Å². The number of allylic oxidation sites excluding steroid dienone is 3. The van der Waals surface area contributed by atoms with Crippen molar-refractivity contribution in [2.75, 3.05) is 26.9 Å². The molecule has 0 radical (unpaired) electrons. The first kappa shape index (κ1) is 25.1. The van der Waals surface area contributed by atoms with E-state index in [1.165, 1.54) is 0 Å². The standard InChI is InChI=1S/C30H33NO6/c1-18-27(30(34)37-17-19-10-12-36-13-11-19)28(20-6-5-7-22(32)14-20)29-24(31-18)15-21(16-25(29)33)23-8-3-4-9-26(23)35-2/h3-9,14,19,21,28,31-32H,10-13,15-17H2,1-2H3/t21-,28-/m1/s1. The Kier molecular flexibility index (Phi) is 7.33. The largest absolute Gasteiger partial charge is 0.508 e. The number of carbonyl (C=O) groups excluding carboxylic acids is 2. The van der Waals surface area contributed by atoms with Crippen LogP contribution in [0.25, 0.3) is 0 Å². The number of ether oxygens (including phenoxy) is 3. The molecule has 194 valence electrons. The molecule has 0 saturated carbocycles. The van der Waals surface area contributed by atoms with Crippen LogP contribution in [0, 0.1) is 5.92 Å². The number of rotatable bonds is 6. The van der Waals surface area contributed by atoms with Crippen LogP contribution in [0.2, 0.25) is 0 Å². The third-order valence-corrected chi connectivity index (χ3v) is 7.62. The van der Waals surface area contributed by atoms with Crippen molar-refractivity contribution in [1.29, 1.82) is 0 Å². The number of carbonyl (C=O) groups is 2. The molecule has 2 aromatic rings. The highest BCUT2D eigenvalue weighted by Crippen LogP contribution is 2.47. The molecule has 0 aromatic heterocycles. The van der Waals surface area contributed by atoms with E-state index in [0.717, 1.165) is 29.9 Å². The van der Waals surface area contributed by atoms with Gasteiger partial charge in [-0.2, -0.15) is 0 Å². The normalized spacial score (nSPS) is 22.4. The predicted octanol–water partition coefficient (Wildman–Crippen LogP) is 4.73. The first-order valence-corrected chi connectivity index (χ1v) is 12.9. The molecule has 37 heavy (non-hydrogen) atoms. The number of benzene rings is 2. The second-order valence-corrected chi connectivity index (χ2v) is 10.0. The van der Waals surface area contributed by atoms with Crippen molar-refractivity contribution in [3.63, 3.8) is 0 Å². The maximum Gasteiger partial charge on any atom is 0.336 e. The summed E-state index contributed by atoms with van der Waals surface area (Å²) in [6.07, 6.45) is 2.63. The van der Waals surface area contributed by atoms with E-state index >= 15 is 0 Å². The second kappa shape index (κ2) is 10.8. The van der Waals surface area contributed by atoms with Crippen LogP contribution in [0.15, 0.2) is 71.1 Å². The highest BCUT2D eigenvalue weighted by atomic mass is 16.5. The van der Waals surface area contributed by atoms with Gasteiger partial charge in [-0.3, -0.25) is 4.79 Å². The fourth-order valence-corrected chi connectivity index (χ4v) is 5.76. The fraction of sp³-hybridized carbons (Fsp3) is 0.400. The number of hydrogen-bond acceptors (Lipinski definition) is 7. The number of aromatic hydroxyl groups is 1. The summed E-state index contributed by atoms with van der Waals surface area (Å²) < 4.78 is 16.8. The van der Waals surface area contributed by atoms with E-state index in [1.807, 2.05) is 37.3 Å². The molecule has 5 rings (SSSR count). The van der Waals surface area contributed by atoms with Crippen molar-refractivity contribution in [3.05, 3.63) is 82.2 Å². The average molecular weight is 504 g/mol. The Bertz CT molecular complexity index is 1260. The Morgan fingerprint density at radius 2 is 1.89 bits per heavy atom. The number of phenols is 1. The summed E-state index contributed by atoms with van der Waals surface area (Å²) in [4.78, 5) is 27.3. The molecular weight excluding hydrogens is 470 g/mol.